The second-order valence-corrected chi connectivity index (χ2v) is 7.68. The van der Waals surface area contributed by atoms with Crippen molar-refractivity contribution in [3.63, 3.8) is 0 Å². The zero-order valence-corrected chi connectivity index (χ0v) is 16.3. The van der Waals surface area contributed by atoms with Gasteiger partial charge >= 0.3 is 7.12 Å². The number of pyridine rings is 1. The fraction of sp³-hybridized carbons (Fsp3) is 0.400. The molecule has 1 saturated heterocycles. The van der Waals surface area contributed by atoms with Crippen molar-refractivity contribution < 1.29 is 18.5 Å². The van der Waals surface area contributed by atoms with E-state index in [9.17, 15) is 9.18 Å². The summed E-state index contributed by atoms with van der Waals surface area (Å²) < 4.78 is 26.4. The van der Waals surface area contributed by atoms with E-state index < -0.39 is 30.0 Å². The first-order valence-electron chi connectivity index (χ1n) is 9.04. The molecule has 0 saturated carbocycles. The number of anilines is 1. The molecule has 0 bridgehead atoms. The maximum absolute atomic E-state index is 14.7. The molecule has 27 heavy (non-hydrogen) atoms. The number of nitrogens with zero attached hydrogens (tertiary/aromatic N) is 1. The summed E-state index contributed by atoms with van der Waals surface area (Å²) >= 11 is 0. The highest BCUT2D eigenvalue weighted by atomic mass is 19.1. The first-order chi connectivity index (χ1) is 12.6. The van der Waals surface area contributed by atoms with Gasteiger partial charge in [0.05, 0.1) is 11.2 Å². The van der Waals surface area contributed by atoms with Crippen LogP contribution in [0.2, 0.25) is 0 Å². The molecule has 142 valence electrons. The summed E-state index contributed by atoms with van der Waals surface area (Å²) in [5.74, 6) is -0.527. The second kappa shape index (κ2) is 7.05. The third kappa shape index (κ3) is 3.89. The van der Waals surface area contributed by atoms with E-state index >= 15 is 0 Å². The Morgan fingerprint density at radius 1 is 1.15 bits per heavy atom. The molecule has 1 fully saturated rings. The number of carbonyl (C=O) groups excluding carboxylic acids is 1. The standard InChI is InChI=1S/C20H24BFN2O3/c1-6-13-9-10-23-17(11-13)24-18(25)14-7-8-15(16(22)12-14)21-26-19(2,3)20(4,5)27-21/h7-12H,6H2,1-5H3,(H,23,24,25). The molecule has 0 aliphatic carbocycles. The minimum atomic E-state index is -0.810. The SMILES string of the molecule is CCc1ccnc(NC(=O)c2ccc(B3OC(C)(C)C(C)(C)O3)c(F)c2)c1. The van der Waals surface area contributed by atoms with Crippen LogP contribution in [0.1, 0.15) is 50.5 Å². The lowest BCUT2D eigenvalue weighted by Gasteiger charge is -2.32. The van der Waals surface area contributed by atoms with E-state index in [0.717, 1.165) is 12.0 Å². The Labute approximate surface area is 159 Å². The highest BCUT2D eigenvalue weighted by Crippen LogP contribution is 2.36. The number of carbonyl (C=O) groups is 1. The fourth-order valence-electron chi connectivity index (χ4n) is 2.78. The number of amides is 1. The van der Waals surface area contributed by atoms with Gasteiger partial charge in [-0.05, 0) is 63.9 Å². The van der Waals surface area contributed by atoms with E-state index in [1.165, 1.54) is 12.1 Å². The Morgan fingerprint density at radius 3 is 2.41 bits per heavy atom. The predicted molar refractivity (Wildman–Crippen MR) is 104 cm³/mol. The Hall–Kier alpha value is -2.25. The third-order valence-corrected chi connectivity index (χ3v) is 5.24. The molecule has 1 amide bonds. The summed E-state index contributed by atoms with van der Waals surface area (Å²) in [7, 11) is -0.810. The van der Waals surface area contributed by atoms with Crippen molar-refractivity contribution in [3.05, 3.63) is 53.5 Å². The maximum atomic E-state index is 14.7. The molecule has 3 rings (SSSR count). The summed E-state index contributed by atoms with van der Waals surface area (Å²) in [6.07, 6.45) is 2.47. The number of hydrogen-bond acceptors (Lipinski definition) is 4. The van der Waals surface area contributed by atoms with Crippen LogP contribution < -0.4 is 10.8 Å². The van der Waals surface area contributed by atoms with Crippen molar-refractivity contribution in [3.8, 4) is 0 Å². The van der Waals surface area contributed by atoms with Crippen molar-refractivity contribution in [1.29, 1.82) is 0 Å². The second-order valence-electron chi connectivity index (χ2n) is 7.68. The lowest BCUT2D eigenvalue weighted by atomic mass is 9.78. The minimum Gasteiger partial charge on any atom is -0.399 e. The van der Waals surface area contributed by atoms with Crippen LogP contribution in [0.4, 0.5) is 10.2 Å². The van der Waals surface area contributed by atoms with Crippen molar-refractivity contribution >= 4 is 24.3 Å². The average Bonchev–Trinajstić information content (AvgIpc) is 2.82. The van der Waals surface area contributed by atoms with Crippen molar-refractivity contribution in [2.24, 2.45) is 0 Å². The molecule has 0 atom stereocenters. The maximum Gasteiger partial charge on any atom is 0.497 e. The summed E-state index contributed by atoms with van der Waals surface area (Å²) in [6.45, 7) is 9.65. The molecule has 5 nitrogen and oxygen atoms in total. The van der Waals surface area contributed by atoms with E-state index in [-0.39, 0.29) is 11.0 Å². The number of rotatable bonds is 4. The lowest BCUT2D eigenvalue weighted by Crippen LogP contribution is -2.41. The van der Waals surface area contributed by atoms with Crippen molar-refractivity contribution in [1.82, 2.24) is 4.98 Å². The molecule has 1 aromatic carbocycles. The molecular formula is C20H24BFN2O3. The van der Waals surface area contributed by atoms with E-state index in [1.807, 2.05) is 40.7 Å². The van der Waals surface area contributed by atoms with Gasteiger partial charge in [-0.1, -0.05) is 13.0 Å². The summed E-state index contributed by atoms with van der Waals surface area (Å²) in [5.41, 5.74) is 0.419. The highest BCUT2D eigenvalue weighted by molar-refractivity contribution is 6.62. The number of aromatic nitrogens is 1. The number of aryl methyl sites for hydroxylation is 1. The topological polar surface area (TPSA) is 60.5 Å². The Morgan fingerprint density at radius 2 is 1.81 bits per heavy atom. The van der Waals surface area contributed by atoms with Gasteiger partial charge in [-0.25, -0.2) is 9.37 Å². The van der Waals surface area contributed by atoms with Gasteiger partial charge in [-0.3, -0.25) is 4.79 Å². The van der Waals surface area contributed by atoms with Gasteiger partial charge in [-0.15, -0.1) is 0 Å². The Balaban J connectivity index is 1.77. The van der Waals surface area contributed by atoms with Crippen LogP contribution in [0.5, 0.6) is 0 Å². The van der Waals surface area contributed by atoms with Gasteiger partial charge in [0.25, 0.3) is 5.91 Å². The number of hydrogen-bond donors (Lipinski definition) is 1. The molecule has 1 aliphatic heterocycles. The van der Waals surface area contributed by atoms with Crippen LogP contribution >= 0.6 is 0 Å². The van der Waals surface area contributed by atoms with Crippen LogP contribution in [-0.4, -0.2) is 29.2 Å². The van der Waals surface area contributed by atoms with Crippen LogP contribution in [0.25, 0.3) is 0 Å². The van der Waals surface area contributed by atoms with Gasteiger partial charge in [0.1, 0.15) is 11.6 Å². The van der Waals surface area contributed by atoms with Crippen molar-refractivity contribution in [2.45, 2.75) is 52.2 Å². The van der Waals surface area contributed by atoms with Gasteiger partial charge in [0, 0.05) is 17.2 Å². The molecule has 7 heteroatoms. The number of benzene rings is 1. The first kappa shape index (κ1) is 19.5. The molecule has 1 aliphatic rings. The molecule has 0 unspecified atom stereocenters. The largest absolute Gasteiger partial charge is 0.497 e. The highest BCUT2D eigenvalue weighted by Gasteiger charge is 2.52. The van der Waals surface area contributed by atoms with Crippen LogP contribution in [0.3, 0.4) is 0 Å². The molecule has 2 aromatic rings. The molecule has 1 N–H and O–H groups in total. The molecular weight excluding hydrogens is 346 g/mol. The van der Waals surface area contributed by atoms with Gasteiger partial charge in [0.15, 0.2) is 0 Å². The Bertz CT molecular complexity index is 854. The number of halogens is 1. The van der Waals surface area contributed by atoms with Crippen LogP contribution in [-0.2, 0) is 15.7 Å². The molecule has 0 radical (unpaired) electrons. The monoisotopic (exact) mass is 370 g/mol. The Kier molecular flexibility index (Phi) is 5.10. The quantitative estimate of drug-likeness (QED) is 0.839. The summed E-state index contributed by atoms with van der Waals surface area (Å²) in [5, 5.41) is 2.70. The van der Waals surface area contributed by atoms with Gasteiger partial charge in [0.2, 0.25) is 0 Å². The minimum absolute atomic E-state index is 0.205. The van der Waals surface area contributed by atoms with E-state index in [1.54, 1.807) is 18.3 Å². The van der Waals surface area contributed by atoms with E-state index in [0.29, 0.717) is 5.82 Å². The zero-order chi connectivity index (χ0) is 19.8. The van der Waals surface area contributed by atoms with Crippen LogP contribution in [0.15, 0.2) is 36.5 Å². The van der Waals surface area contributed by atoms with Crippen LogP contribution in [0, 0.1) is 5.82 Å². The number of nitrogens with one attached hydrogen (secondary N) is 1. The van der Waals surface area contributed by atoms with E-state index in [2.05, 4.69) is 10.3 Å². The molecule has 1 aromatic heterocycles. The normalized spacial score (nSPS) is 17.8. The summed E-state index contributed by atoms with van der Waals surface area (Å²) in [4.78, 5) is 16.5. The molecule has 0 spiro atoms. The average molecular weight is 370 g/mol. The van der Waals surface area contributed by atoms with Crippen molar-refractivity contribution in [2.75, 3.05) is 5.32 Å². The van der Waals surface area contributed by atoms with Gasteiger partial charge < -0.3 is 14.6 Å². The third-order valence-electron chi connectivity index (χ3n) is 5.24. The van der Waals surface area contributed by atoms with Gasteiger partial charge in [-0.2, -0.15) is 0 Å². The van der Waals surface area contributed by atoms with E-state index in [4.69, 9.17) is 9.31 Å². The predicted octanol–water partition coefficient (Wildman–Crippen LogP) is 3.33. The zero-order valence-electron chi connectivity index (χ0n) is 16.3. The molecule has 2 heterocycles. The first-order valence-corrected chi connectivity index (χ1v) is 9.04. The fourth-order valence-corrected chi connectivity index (χ4v) is 2.78. The smallest absolute Gasteiger partial charge is 0.399 e. The summed E-state index contributed by atoms with van der Waals surface area (Å²) in [6, 6.07) is 7.96. The lowest BCUT2D eigenvalue weighted by molar-refractivity contribution is 0.00578.